The molecule has 0 aromatic heterocycles. The number of fused-ring (bicyclic) bond motifs is 1. The van der Waals surface area contributed by atoms with Gasteiger partial charge in [0.05, 0.1) is 17.8 Å². The van der Waals surface area contributed by atoms with Crippen LogP contribution in [0.1, 0.15) is 44.7 Å². The largest absolute Gasteiger partial charge is 0.508 e. The molecule has 0 radical (unpaired) electrons. The molecule has 1 heterocycles. The average Bonchev–Trinajstić information content (AvgIpc) is 2.23. The molecule has 1 aliphatic rings. The van der Waals surface area contributed by atoms with Crippen molar-refractivity contribution in [2.45, 2.75) is 57.8 Å². The van der Waals surface area contributed by atoms with Crippen molar-refractivity contribution >= 4 is 0 Å². The molecule has 0 unspecified atom stereocenters. The lowest BCUT2D eigenvalue weighted by Gasteiger charge is -2.38. The molecule has 3 N–H and O–H groups in total. The van der Waals surface area contributed by atoms with E-state index in [0.717, 1.165) is 17.5 Å². The number of aliphatic hydroxyl groups excluding tert-OH is 1. The quantitative estimate of drug-likeness (QED) is 0.786. The summed E-state index contributed by atoms with van der Waals surface area (Å²) in [4.78, 5) is 0. The minimum absolute atomic E-state index is 0.00157. The number of phenols is 2. The molecule has 2 atom stereocenters. The number of ether oxygens (including phenoxy) is 1. The van der Waals surface area contributed by atoms with Gasteiger partial charge in [0.25, 0.3) is 0 Å². The minimum atomic E-state index is -0.589. The smallest absolute Gasteiger partial charge is 0.125 e. The summed E-state index contributed by atoms with van der Waals surface area (Å²) in [7, 11) is 0. The molecule has 0 aliphatic carbocycles. The molecule has 1 aliphatic heterocycles. The van der Waals surface area contributed by atoms with Crippen LogP contribution in [0.5, 0.6) is 11.5 Å². The summed E-state index contributed by atoms with van der Waals surface area (Å²) < 4.78 is 6.02. The highest BCUT2D eigenvalue weighted by atomic mass is 16.5. The SMILES string of the molecule is C[C@H](O)CC[C@@H]1Cc2cc(O)cc(O)c2C(C)(C)O1. The van der Waals surface area contributed by atoms with Crippen LogP contribution < -0.4 is 0 Å². The van der Waals surface area contributed by atoms with Crippen molar-refractivity contribution in [1.29, 1.82) is 0 Å². The van der Waals surface area contributed by atoms with Crippen LogP contribution >= 0.6 is 0 Å². The van der Waals surface area contributed by atoms with Gasteiger partial charge in [-0.3, -0.25) is 0 Å². The van der Waals surface area contributed by atoms with Crippen molar-refractivity contribution in [1.82, 2.24) is 0 Å². The summed E-state index contributed by atoms with van der Waals surface area (Å²) in [5.41, 5.74) is 1.08. The molecule has 1 aromatic carbocycles. The Labute approximate surface area is 113 Å². The first-order valence-electron chi connectivity index (χ1n) is 6.71. The van der Waals surface area contributed by atoms with Gasteiger partial charge in [-0.25, -0.2) is 0 Å². The van der Waals surface area contributed by atoms with Gasteiger partial charge in [-0.1, -0.05) is 0 Å². The molecule has 0 saturated carbocycles. The van der Waals surface area contributed by atoms with Crippen molar-refractivity contribution in [2.75, 3.05) is 0 Å². The Morgan fingerprint density at radius 3 is 2.68 bits per heavy atom. The van der Waals surface area contributed by atoms with Crippen molar-refractivity contribution in [3.8, 4) is 11.5 Å². The maximum Gasteiger partial charge on any atom is 0.125 e. The first-order valence-corrected chi connectivity index (χ1v) is 6.71. The Hall–Kier alpha value is -1.26. The van der Waals surface area contributed by atoms with Gasteiger partial charge in [-0.2, -0.15) is 0 Å². The Kier molecular flexibility index (Phi) is 3.74. The lowest BCUT2D eigenvalue weighted by molar-refractivity contribution is -0.0944. The molecule has 4 heteroatoms. The molecule has 0 bridgehead atoms. The standard InChI is InChI=1S/C15H22O4/c1-9(16)4-5-12-7-10-6-11(17)8-13(18)14(10)15(2,3)19-12/h6,8-9,12,16-18H,4-5,7H2,1-3H3/t9-,12+/m0/s1. The van der Waals surface area contributed by atoms with E-state index in [4.69, 9.17) is 4.74 Å². The normalized spacial score (nSPS) is 22.8. The molecular formula is C15H22O4. The second-order valence-corrected chi connectivity index (χ2v) is 5.88. The molecule has 0 spiro atoms. The summed E-state index contributed by atoms with van der Waals surface area (Å²) in [5, 5.41) is 29.0. The van der Waals surface area contributed by atoms with Gasteiger partial charge in [0.15, 0.2) is 0 Å². The fourth-order valence-electron chi connectivity index (χ4n) is 2.88. The number of aliphatic hydroxyl groups is 1. The first kappa shape index (κ1) is 14.2. The van der Waals surface area contributed by atoms with Gasteiger partial charge in [0.2, 0.25) is 0 Å². The highest BCUT2D eigenvalue weighted by molar-refractivity contribution is 5.49. The summed E-state index contributed by atoms with van der Waals surface area (Å²) in [6.07, 6.45) is 1.75. The van der Waals surface area contributed by atoms with Crippen LogP contribution in [-0.4, -0.2) is 27.5 Å². The first-order chi connectivity index (χ1) is 8.79. The lowest BCUT2D eigenvalue weighted by Crippen LogP contribution is -2.36. The van der Waals surface area contributed by atoms with Crippen LogP contribution in [-0.2, 0) is 16.8 Å². The molecule has 106 valence electrons. The van der Waals surface area contributed by atoms with Crippen molar-refractivity contribution in [3.63, 3.8) is 0 Å². The maximum absolute atomic E-state index is 10.00. The average molecular weight is 266 g/mol. The van der Waals surface area contributed by atoms with E-state index in [1.54, 1.807) is 13.0 Å². The summed E-state index contributed by atoms with van der Waals surface area (Å²) in [5.74, 6) is 0.150. The van der Waals surface area contributed by atoms with E-state index < -0.39 is 5.60 Å². The zero-order valence-electron chi connectivity index (χ0n) is 11.7. The van der Waals surface area contributed by atoms with E-state index in [0.29, 0.717) is 12.8 Å². The Morgan fingerprint density at radius 1 is 1.37 bits per heavy atom. The van der Waals surface area contributed by atoms with Gasteiger partial charge in [-0.15, -0.1) is 0 Å². The van der Waals surface area contributed by atoms with Gasteiger partial charge in [0, 0.05) is 11.6 Å². The monoisotopic (exact) mass is 266 g/mol. The Balaban J connectivity index is 2.28. The van der Waals surface area contributed by atoms with Crippen molar-refractivity contribution < 1.29 is 20.1 Å². The number of aromatic hydroxyl groups is 2. The third-order valence-corrected chi connectivity index (χ3v) is 3.60. The lowest BCUT2D eigenvalue weighted by atomic mass is 9.85. The summed E-state index contributed by atoms with van der Waals surface area (Å²) in [6, 6.07) is 3.04. The summed E-state index contributed by atoms with van der Waals surface area (Å²) >= 11 is 0. The Morgan fingerprint density at radius 2 is 2.05 bits per heavy atom. The predicted molar refractivity (Wildman–Crippen MR) is 72.3 cm³/mol. The van der Waals surface area contributed by atoms with Crippen molar-refractivity contribution in [2.24, 2.45) is 0 Å². The van der Waals surface area contributed by atoms with Gasteiger partial charge in [0.1, 0.15) is 11.5 Å². The zero-order chi connectivity index (χ0) is 14.2. The predicted octanol–water partition coefficient (Wildman–Crippen LogP) is 2.44. The Bertz CT molecular complexity index is 465. The second kappa shape index (κ2) is 5.02. The van der Waals surface area contributed by atoms with Crippen LogP contribution in [0.25, 0.3) is 0 Å². The molecule has 0 fully saturated rings. The fourth-order valence-corrected chi connectivity index (χ4v) is 2.88. The van der Waals surface area contributed by atoms with Crippen molar-refractivity contribution in [3.05, 3.63) is 23.3 Å². The number of hydrogen-bond acceptors (Lipinski definition) is 4. The number of rotatable bonds is 3. The molecule has 1 aromatic rings. The summed E-state index contributed by atoms with van der Waals surface area (Å²) in [6.45, 7) is 5.59. The van der Waals surface area contributed by atoms with E-state index >= 15 is 0 Å². The molecule has 19 heavy (non-hydrogen) atoms. The molecule has 0 saturated heterocycles. The topological polar surface area (TPSA) is 69.9 Å². The van der Waals surface area contributed by atoms with Crippen LogP contribution in [0.4, 0.5) is 0 Å². The molecular weight excluding hydrogens is 244 g/mol. The highest BCUT2D eigenvalue weighted by Crippen LogP contribution is 2.43. The third kappa shape index (κ3) is 3.01. The van der Waals surface area contributed by atoms with E-state index in [1.165, 1.54) is 6.07 Å². The van der Waals surface area contributed by atoms with E-state index in [9.17, 15) is 15.3 Å². The van der Waals surface area contributed by atoms with E-state index in [-0.39, 0.29) is 23.7 Å². The maximum atomic E-state index is 10.00. The van der Waals surface area contributed by atoms with Gasteiger partial charge < -0.3 is 20.1 Å². The molecule has 0 amide bonds. The van der Waals surface area contributed by atoms with E-state index in [1.807, 2.05) is 13.8 Å². The van der Waals surface area contributed by atoms with Crippen LogP contribution in [0.3, 0.4) is 0 Å². The van der Waals surface area contributed by atoms with Gasteiger partial charge >= 0.3 is 0 Å². The number of hydrogen-bond donors (Lipinski definition) is 3. The van der Waals surface area contributed by atoms with Crippen LogP contribution in [0.15, 0.2) is 12.1 Å². The van der Waals surface area contributed by atoms with Crippen LogP contribution in [0.2, 0.25) is 0 Å². The molecule has 2 rings (SSSR count). The highest BCUT2D eigenvalue weighted by Gasteiger charge is 2.36. The fraction of sp³-hybridized carbons (Fsp3) is 0.600. The second-order valence-electron chi connectivity index (χ2n) is 5.88. The zero-order valence-corrected chi connectivity index (χ0v) is 11.7. The van der Waals surface area contributed by atoms with Gasteiger partial charge in [-0.05, 0) is 51.7 Å². The molecule has 4 nitrogen and oxygen atoms in total. The number of phenolic OH excluding ortho intramolecular Hbond substituents is 2. The van der Waals surface area contributed by atoms with Crippen LogP contribution in [0, 0.1) is 0 Å². The minimum Gasteiger partial charge on any atom is -0.508 e. The van der Waals surface area contributed by atoms with E-state index in [2.05, 4.69) is 0 Å². The number of benzene rings is 1. The third-order valence-electron chi connectivity index (χ3n) is 3.60.